The van der Waals surface area contributed by atoms with E-state index in [0.29, 0.717) is 0 Å². The molecule has 5 nitrogen and oxygen atoms in total. The molecule has 1 unspecified atom stereocenters. The second-order valence-electron chi connectivity index (χ2n) is 1.57. The van der Waals surface area contributed by atoms with Crippen LogP contribution < -0.4 is 5.73 Å². The maximum atomic E-state index is 10.5. The fourth-order valence-electron chi connectivity index (χ4n) is 0.333. The fraction of sp³-hybridized carbons (Fsp3) is 0.600. The molecule has 3 N–H and O–H groups in total. The second-order valence-corrected chi connectivity index (χ2v) is 1.57. The zero-order chi connectivity index (χ0) is 8.15. The van der Waals surface area contributed by atoms with Crippen molar-refractivity contribution >= 4 is 24.3 Å². The van der Waals surface area contributed by atoms with E-state index in [-0.39, 0.29) is 19.0 Å². The number of carboxylic acids is 1. The molecule has 0 aliphatic carbocycles. The van der Waals surface area contributed by atoms with E-state index in [1.54, 1.807) is 6.92 Å². The van der Waals surface area contributed by atoms with Gasteiger partial charge in [0, 0.05) is 0 Å². The van der Waals surface area contributed by atoms with Crippen molar-refractivity contribution in [3.8, 4) is 0 Å². The first-order valence-corrected chi connectivity index (χ1v) is 2.74. The quantitative estimate of drug-likeness (QED) is 0.450. The Morgan fingerprint density at radius 1 is 1.64 bits per heavy atom. The molecular formula is C5H10ClNO4. The predicted octanol–water partition coefficient (Wildman–Crippen LogP) is -0.617. The number of ether oxygens (including phenoxy) is 1. The monoisotopic (exact) mass is 183 g/mol. The Bertz CT molecular complexity index is 149. The average Bonchev–Trinajstić information content (AvgIpc) is 1.87. The van der Waals surface area contributed by atoms with Gasteiger partial charge in [-0.05, 0) is 6.92 Å². The van der Waals surface area contributed by atoms with Crippen molar-refractivity contribution in [2.75, 3.05) is 6.61 Å². The fourth-order valence-corrected chi connectivity index (χ4v) is 0.333. The molecule has 11 heavy (non-hydrogen) atoms. The van der Waals surface area contributed by atoms with Gasteiger partial charge in [0.15, 0.2) is 0 Å². The van der Waals surface area contributed by atoms with Gasteiger partial charge in [0.2, 0.25) is 6.04 Å². The number of nitrogens with two attached hydrogens (primary N) is 1. The van der Waals surface area contributed by atoms with Gasteiger partial charge in [0.25, 0.3) is 0 Å². The summed E-state index contributed by atoms with van der Waals surface area (Å²) in [5.41, 5.74) is 4.87. The molecule has 1 atom stereocenters. The summed E-state index contributed by atoms with van der Waals surface area (Å²) in [7, 11) is 0. The van der Waals surface area contributed by atoms with Crippen molar-refractivity contribution in [1.82, 2.24) is 0 Å². The summed E-state index contributed by atoms with van der Waals surface area (Å²) in [5.74, 6) is -2.28. The predicted molar refractivity (Wildman–Crippen MR) is 39.5 cm³/mol. The molecule has 0 rings (SSSR count). The lowest BCUT2D eigenvalue weighted by atomic mass is 10.3. The molecule has 66 valence electrons. The van der Waals surface area contributed by atoms with Gasteiger partial charge >= 0.3 is 11.9 Å². The molecule has 0 radical (unpaired) electrons. The van der Waals surface area contributed by atoms with E-state index < -0.39 is 18.0 Å². The van der Waals surface area contributed by atoms with Gasteiger partial charge in [-0.25, -0.2) is 9.59 Å². The maximum absolute atomic E-state index is 10.5. The Labute approximate surface area is 69.9 Å². The molecule has 0 saturated heterocycles. The summed E-state index contributed by atoms with van der Waals surface area (Å²) < 4.78 is 4.32. The first-order chi connectivity index (χ1) is 4.59. The highest BCUT2D eigenvalue weighted by Crippen LogP contribution is 1.84. The summed E-state index contributed by atoms with van der Waals surface area (Å²) in [4.78, 5) is 20.4. The number of hydrogen-bond acceptors (Lipinski definition) is 4. The van der Waals surface area contributed by atoms with E-state index in [9.17, 15) is 9.59 Å². The number of hydrogen-bond donors (Lipinski definition) is 2. The highest BCUT2D eigenvalue weighted by atomic mass is 35.5. The van der Waals surface area contributed by atoms with Crippen molar-refractivity contribution < 1.29 is 19.4 Å². The highest BCUT2D eigenvalue weighted by molar-refractivity contribution is 5.97. The van der Waals surface area contributed by atoms with Crippen molar-refractivity contribution in [1.29, 1.82) is 0 Å². The molecule has 6 heteroatoms. The Kier molecular flexibility index (Phi) is 6.92. The highest BCUT2D eigenvalue weighted by Gasteiger charge is 2.21. The molecule has 0 amide bonds. The summed E-state index contributed by atoms with van der Waals surface area (Å²) in [6.45, 7) is 1.71. The molecule has 0 aromatic rings. The number of halogens is 1. The van der Waals surface area contributed by atoms with E-state index in [4.69, 9.17) is 10.8 Å². The van der Waals surface area contributed by atoms with Gasteiger partial charge in [-0.3, -0.25) is 0 Å². The Balaban J connectivity index is 0. The molecule has 0 fully saturated rings. The Morgan fingerprint density at radius 2 is 2.09 bits per heavy atom. The van der Waals surface area contributed by atoms with Gasteiger partial charge in [0.1, 0.15) is 0 Å². The topological polar surface area (TPSA) is 89.6 Å². The number of carbonyl (C=O) groups is 2. The van der Waals surface area contributed by atoms with Crippen LogP contribution in [0.5, 0.6) is 0 Å². The van der Waals surface area contributed by atoms with Crippen LogP contribution in [-0.2, 0) is 14.3 Å². The summed E-state index contributed by atoms with van der Waals surface area (Å²) >= 11 is 0. The van der Waals surface area contributed by atoms with Crippen LogP contribution in [0, 0.1) is 0 Å². The summed E-state index contributed by atoms with van der Waals surface area (Å²) in [5, 5.41) is 8.15. The molecule has 0 aliphatic rings. The van der Waals surface area contributed by atoms with Crippen molar-refractivity contribution in [3.63, 3.8) is 0 Å². The number of carboxylic acid groups (broad SMARTS) is 1. The zero-order valence-corrected chi connectivity index (χ0v) is 6.76. The van der Waals surface area contributed by atoms with E-state index in [2.05, 4.69) is 4.74 Å². The third-order valence-electron chi connectivity index (χ3n) is 0.807. The first kappa shape index (κ1) is 12.8. The molecule has 0 spiro atoms. The molecule has 0 saturated carbocycles. The smallest absolute Gasteiger partial charge is 0.334 e. The number of carbonyl (C=O) groups excluding carboxylic acids is 1. The minimum Gasteiger partial charge on any atom is -0.480 e. The van der Waals surface area contributed by atoms with Gasteiger partial charge in [-0.15, -0.1) is 12.4 Å². The van der Waals surface area contributed by atoms with E-state index >= 15 is 0 Å². The summed E-state index contributed by atoms with van der Waals surface area (Å²) in [6, 6.07) is -1.56. The summed E-state index contributed by atoms with van der Waals surface area (Å²) in [6.07, 6.45) is 0. The van der Waals surface area contributed by atoms with E-state index in [1.807, 2.05) is 0 Å². The number of esters is 1. The largest absolute Gasteiger partial charge is 0.480 e. The molecule has 0 bridgehead atoms. The lowest BCUT2D eigenvalue weighted by Gasteiger charge is -2.03. The maximum Gasteiger partial charge on any atom is 0.334 e. The van der Waals surface area contributed by atoms with Crippen LogP contribution in [0.25, 0.3) is 0 Å². The van der Waals surface area contributed by atoms with Gasteiger partial charge in [-0.1, -0.05) is 0 Å². The van der Waals surface area contributed by atoms with Crippen LogP contribution >= 0.6 is 12.4 Å². The molecule has 0 aromatic carbocycles. The first-order valence-electron chi connectivity index (χ1n) is 2.74. The normalized spacial score (nSPS) is 11.1. The lowest BCUT2D eigenvalue weighted by molar-refractivity contribution is -0.153. The minimum absolute atomic E-state index is 0. The van der Waals surface area contributed by atoms with Crippen LogP contribution in [-0.4, -0.2) is 29.7 Å². The van der Waals surface area contributed by atoms with E-state index in [1.165, 1.54) is 0 Å². The third kappa shape index (κ3) is 4.58. The van der Waals surface area contributed by atoms with E-state index in [0.717, 1.165) is 0 Å². The second kappa shape index (κ2) is 5.94. The van der Waals surface area contributed by atoms with Gasteiger partial charge in [-0.2, -0.15) is 0 Å². The minimum atomic E-state index is -1.56. The molecular weight excluding hydrogens is 174 g/mol. The standard InChI is InChI=1S/C5H9NO4.ClH/c1-2-10-5(9)3(6)4(7)8;/h3H,2,6H2,1H3,(H,7,8);1H. The average molecular weight is 184 g/mol. The SMILES string of the molecule is CCOC(=O)C(N)C(=O)O.Cl. The number of aliphatic carboxylic acids is 1. The Hall–Kier alpha value is -0.810. The molecule has 0 aliphatic heterocycles. The van der Waals surface area contributed by atoms with Crippen molar-refractivity contribution in [3.05, 3.63) is 0 Å². The Morgan fingerprint density at radius 3 is 2.36 bits per heavy atom. The van der Waals surface area contributed by atoms with Crippen molar-refractivity contribution in [2.24, 2.45) is 5.73 Å². The number of rotatable bonds is 3. The van der Waals surface area contributed by atoms with Crippen LogP contribution in [0.3, 0.4) is 0 Å². The van der Waals surface area contributed by atoms with Gasteiger partial charge in [0.05, 0.1) is 6.61 Å². The van der Waals surface area contributed by atoms with Crippen LogP contribution in [0.4, 0.5) is 0 Å². The molecule has 0 aromatic heterocycles. The van der Waals surface area contributed by atoms with Gasteiger partial charge < -0.3 is 15.6 Å². The lowest BCUT2D eigenvalue weighted by Crippen LogP contribution is -2.39. The van der Waals surface area contributed by atoms with Crippen LogP contribution in [0.15, 0.2) is 0 Å². The van der Waals surface area contributed by atoms with Crippen molar-refractivity contribution in [2.45, 2.75) is 13.0 Å². The molecule has 0 heterocycles. The third-order valence-corrected chi connectivity index (χ3v) is 0.807. The van der Waals surface area contributed by atoms with Crippen LogP contribution in [0.2, 0.25) is 0 Å². The van der Waals surface area contributed by atoms with Crippen LogP contribution in [0.1, 0.15) is 6.92 Å². The zero-order valence-electron chi connectivity index (χ0n) is 5.94.